The molecule has 1 fully saturated rings. The molecule has 1 atom stereocenters. The highest BCUT2D eigenvalue weighted by molar-refractivity contribution is 8.14. The maximum absolute atomic E-state index is 12.5. The van der Waals surface area contributed by atoms with Crippen LogP contribution in [0.4, 0.5) is 10.7 Å². The third kappa shape index (κ3) is 6.85. The van der Waals surface area contributed by atoms with E-state index in [1.807, 2.05) is 41.4 Å². The first kappa shape index (κ1) is 25.2. The van der Waals surface area contributed by atoms with Gasteiger partial charge in [0.2, 0.25) is 16.3 Å². The van der Waals surface area contributed by atoms with Crippen LogP contribution in [0.2, 0.25) is 0 Å². The number of nitrogens with zero attached hydrogens (tertiary/aromatic N) is 4. The van der Waals surface area contributed by atoms with Gasteiger partial charge in [0.05, 0.1) is 17.9 Å². The SMILES string of the molecule is C[C@H](CSC(=O)c1ccccc1)C(=O)Nc1c[n+](N2CCN(C(=O)OCc3ccccc3)CC2)no1. The summed E-state index contributed by atoms with van der Waals surface area (Å²) in [5.41, 5.74) is 1.55. The molecule has 1 N–H and O–H groups in total. The molecule has 11 heteroatoms. The molecule has 1 aliphatic heterocycles. The first-order valence-corrected chi connectivity index (χ1v) is 12.6. The van der Waals surface area contributed by atoms with Crippen molar-refractivity contribution in [3.63, 3.8) is 0 Å². The molecule has 0 aliphatic carbocycles. The average molecular weight is 511 g/mol. The van der Waals surface area contributed by atoms with Crippen LogP contribution in [0, 0.1) is 5.92 Å². The summed E-state index contributed by atoms with van der Waals surface area (Å²) >= 11 is 1.11. The van der Waals surface area contributed by atoms with Gasteiger partial charge in [-0.25, -0.2) is 4.79 Å². The molecule has 36 heavy (non-hydrogen) atoms. The maximum atomic E-state index is 12.5. The first-order chi connectivity index (χ1) is 17.5. The molecular formula is C25H28N5O5S+. The molecule has 0 bridgehead atoms. The minimum atomic E-state index is -0.411. The summed E-state index contributed by atoms with van der Waals surface area (Å²) in [5, 5.41) is 8.50. The van der Waals surface area contributed by atoms with Crippen molar-refractivity contribution in [1.29, 1.82) is 0 Å². The topological polar surface area (TPSA) is 109 Å². The van der Waals surface area contributed by atoms with Gasteiger partial charge in [0, 0.05) is 30.3 Å². The van der Waals surface area contributed by atoms with Crippen molar-refractivity contribution in [3.8, 4) is 0 Å². The van der Waals surface area contributed by atoms with E-state index in [1.165, 1.54) is 4.79 Å². The van der Waals surface area contributed by atoms with Gasteiger partial charge in [0.15, 0.2) is 0 Å². The Bertz CT molecular complexity index is 1170. The van der Waals surface area contributed by atoms with E-state index in [4.69, 9.17) is 9.26 Å². The van der Waals surface area contributed by atoms with Crippen molar-refractivity contribution >= 4 is 34.8 Å². The predicted octanol–water partition coefficient (Wildman–Crippen LogP) is 2.70. The van der Waals surface area contributed by atoms with Crippen molar-refractivity contribution in [2.24, 2.45) is 5.92 Å². The molecule has 0 saturated carbocycles. The van der Waals surface area contributed by atoms with Gasteiger partial charge in [-0.3, -0.25) is 19.4 Å². The summed E-state index contributed by atoms with van der Waals surface area (Å²) < 4.78 is 10.7. The van der Waals surface area contributed by atoms with Crippen molar-refractivity contribution in [2.75, 3.05) is 42.3 Å². The van der Waals surface area contributed by atoms with Gasteiger partial charge in [-0.15, -0.1) is 5.01 Å². The molecule has 2 amide bonds. The van der Waals surface area contributed by atoms with Gasteiger partial charge in [-0.1, -0.05) is 79.3 Å². The highest BCUT2D eigenvalue weighted by Crippen LogP contribution is 2.17. The number of carbonyl (C=O) groups is 3. The average Bonchev–Trinajstić information content (AvgIpc) is 3.39. The number of piperazine rings is 1. The Morgan fingerprint density at radius 2 is 1.72 bits per heavy atom. The van der Waals surface area contributed by atoms with Crippen molar-refractivity contribution in [1.82, 2.24) is 10.2 Å². The van der Waals surface area contributed by atoms with E-state index in [-0.39, 0.29) is 29.6 Å². The summed E-state index contributed by atoms with van der Waals surface area (Å²) in [5.74, 6) is -0.129. The number of hydrogen-bond acceptors (Lipinski definition) is 8. The Hall–Kier alpha value is -3.86. The van der Waals surface area contributed by atoms with Gasteiger partial charge >= 0.3 is 12.0 Å². The normalized spacial score (nSPS) is 14.2. The number of ether oxygens (including phenoxy) is 1. The van der Waals surface area contributed by atoms with Crippen LogP contribution < -0.4 is 15.1 Å². The zero-order valence-corrected chi connectivity index (χ0v) is 20.7. The highest BCUT2D eigenvalue weighted by Gasteiger charge is 2.29. The Balaban J connectivity index is 1.20. The molecule has 188 valence electrons. The third-order valence-electron chi connectivity index (χ3n) is 5.63. The minimum absolute atomic E-state index is 0.0733. The number of benzene rings is 2. The number of aromatic nitrogens is 2. The number of nitrogens with one attached hydrogen (secondary N) is 1. The molecule has 0 radical (unpaired) electrons. The predicted molar refractivity (Wildman–Crippen MR) is 134 cm³/mol. The lowest BCUT2D eigenvalue weighted by atomic mass is 10.2. The highest BCUT2D eigenvalue weighted by atomic mass is 32.2. The number of amides is 2. The smallest absolute Gasteiger partial charge is 0.410 e. The molecule has 0 spiro atoms. The van der Waals surface area contributed by atoms with E-state index < -0.39 is 5.92 Å². The van der Waals surface area contributed by atoms with Crippen LogP contribution in [0.3, 0.4) is 0 Å². The molecule has 1 aromatic heterocycles. The summed E-state index contributed by atoms with van der Waals surface area (Å²) in [6.45, 7) is 3.98. The summed E-state index contributed by atoms with van der Waals surface area (Å²) in [6, 6.07) is 18.5. The van der Waals surface area contributed by atoms with E-state index in [2.05, 4.69) is 10.6 Å². The number of thioether (sulfide) groups is 1. The molecule has 2 heterocycles. The Labute approximate surface area is 213 Å². The quantitative estimate of drug-likeness (QED) is 0.461. The molecule has 0 unspecified atom stereocenters. The fraction of sp³-hybridized carbons (Fsp3) is 0.320. The van der Waals surface area contributed by atoms with Crippen molar-refractivity contribution < 1.29 is 28.4 Å². The lowest BCUT2D eigenvalue weighted by Crippen LogP contribution is -2.65. The largest absolute Gasteiger partial charge is 0.445 e. The fourth-order valence-electron chi connectivity index (χ4n) is 3.50. The summed E-state index contributed by atoms with van der Waals surface area (Å²) in [6.07, 6.45) is 1.23. The summed E-state index contributed by atoms with van der Waals surface area (Å²) in [4.78, 5) is 40.3. The number of anilines is 1. The Kier molecular flexibility index (Phi) is 8.56. The minimum Gasteiger partial charge on any atom is -0.445 e. The zero-order chi connectivity index (χ0) is 25.3. The monoisotopic (exact) mass is 510 g/mol. The molecule has 3 aromatic rings. The van der Waals surface area contributed by atoms with Gasteiger partial charge in [-0.05, 0) is 5.56 Å². The van der Waals surface area contributed by atoms with Gasteiger partial charge in [0.25, 0.3) is 6.20 Å². The molecule has 1 aliphatic rings. The molecule has 2 aromatic carbocycles. The maximum Gasteiger partial charge on any atom is 0.410 e. The van der Waals surface area contributed by atoms with Crippen LogP contribution >= 0.6 is 11.8 Å². The van der Waals surface area contributed by atoms with E-state index in [1.54, 1.807) is 42.3 Å². The second-order valence-corrected chi connectivity index (χ2v) is 9.32. The van der Waals surface area contributed by atoms with E-state index in [9.17, 15) is 14.4 Å². The fourth-order valence-corrected chi connectivity index (χ4v) is 4.35. The second kappa shape index (κ2) is 12.2. The molecular weight excluding hydrogens is 482 g/mol. The second-order valence-electron chi connectivity index (χ2n) is 8.32. The van der Waals surface area contributed by atoms with Gasteiger partial charge in [0.1, 0.15) is 6.61 Å². The Morgan fingerprint density at radius 1 is 1.06 bits per heavy atom. The van der Waals surface area contributed by atoms with Crippen LogP contribution in [0.25, 0.3) is 0 Å². The van der Waals surface area contributed by atoms with Crippen molar-refractivity contribution in [2.45, 2.75) is 13.5 Å². The standard InChI is InChI=1S/C25H27N5O5S/c1-19(18-36-24(32)21-10-6-3-7-11-21)23(31)26-22-16-30(27-35-22)29-14-12-28(13-15-29)25(33)34-17-20-8-4-2-5-9-20/h2-11,16,19H,12-15,17-18H2,1H3/p+1/t19-/m1/s1. The molecule has 10 nitrogen and oxygen atoms in total. The summed E-state index contributed by atoms with van der Waals surface area (Å²) in [7, 11) is 0. The van der Waals surface area contributed by atoms with E-state index in [0.29, 0.717) is 37.5 Å². The molecule has 1 saturated heterocycles. The first-order valence-electron chi connectivity index (χ1n) is 11.6. The number of hydrogen-bond donors (Lipinski definition) is 1. The van der Waals surface area contributed by atoms with E-state index >= 15 is 0 Å². The Morgan fingerprint density at radius 3 is 2.42 bits per heavy atom. The van der Waals surface area contributed by atoms with Crippen LogP contribution in [-0.4, -0.2) is 59.2 Å². The van der Waals surface area contributed by atoms with E-state index in [0.717, 1.165) is 17.3 Å². The van der Waals surface area contributed by atoms with Crippen LogP contribution in [0.15, 0.2) is 71.4 Å². The van der Waals surface area contributed by atoms with Gasteiger partial charge in [-0.2, -0.15) is 0 Å². The third-order valence-corrected chi connectivity index (χ3v) is 6.80. The van der Waals surface area contributed by atoms with Gasteiger partial charge < -0.3 is 9.64 Å². The van der Waals surface area contributed by atoms with Crippen LogP contribution in [0.5, 0.6) is 0 Å². The lowest BCUT2D eigenvalue weighted by molar-refractivity contribution is -0.759. The lowest BCUT2D eigenvalue weighted by Gasteiger charge is -2.29. The number of carbonyl (C=O) groups excluding carboxylic acids is 3. The molecule has 4 rings (SSSR count). The van der Waals surface area contributed by atoms with Crippen LogP contribution in [-0.2, 0) is 16.1 Å². The van der Waals surface area contributed by atoms with Crippen molar-refractivity contribution in [3.05, 3.63) is 78.0 Å². The van der Waals surface area contributed by atoms with Crippen LogP contribution in [0.1, 0.15) is 22.8 Å². The zero-order valence-electron chi connectivity index (χ0n) is 19.9. The number of rotatable bonds is 8.